The number of H-pyrrole nitrogens is 1. The molecule has 1 aromatic carbocycles. The lowest BCUT2D eigenvalue weighted by molar-refractivity contribution is -0.129. The zero-order valence-electron chi connectivity index (χ0n) is 13.4. The number of likely N-dealkylation sites (tertiary alicyclic amines) is 1. The van der Waals surface area contributed by atoms with E-state index in [-0.39, 0.29) is 11.9 Å². The van der Waals surface area contributed by atoms with E-state index in [2.05, 4.69) is 25.4 Å². The average Bonchev–Trinajstić information content (AvgIpc) is 3.04. The van der Waals surface area contributed by atoms with Gasteiger partial charge in [0.15, 0.2) is 5.82 Å². The fourth-order valence-electron chi connectivity index (χ4n) is 3.38. The van der Waals surface area contributed by atoms with Gasteiger partial charge in [0.2, 0.25) is 11.9 Å². The monoisotopic (exact) mass is 327 g/mol. The number of anilines is 1. The standard InChI is InChI=1S/C17H21N5O2/c23-16(14-6-9-22(14)13-7-10-24-11-8-13)19-17-18-15(20-21-17)12-4-2-1-3-5-12/h1-5,13-14H,6-11H2,(H2,18,19,20,21,23). The van der Waals surface area contributed by atoms with Gasteiger partial charge in [-0.05, 0) is 19.3 Å². The number of rotatable bonds is 4. The summed E-state index contributed by atoms with van der Waals surface area (Å²) in [5, 5.41) is 9.81. The number of ether oxygens (including phenoxy) is 1. The largest absolute Gasteiger partial charge is 0.381 e. The lowest BCUT2D eigenvalue weighted by Gasteiger charge is -2.46. The molecule has 1 atom stereocenters. The van der Waals surface area contributed by atoms with Gasteiger partial charge in [0.1, 0.15) is 0 Å². The van der Waals surface area contributed by atoms with Crippen molar-refractivity contribution in [2.75, 3.05) is 25.1 Å². The van der Waals surface area contributed by atoms with Crippen molar-refractivity contribution in [1.82, 2.24) is 20.1 Å². The van der Waals surface area contributed by atoms with Crippen LogP contribution >= 0.6 is 0 Å². The van der Waals surface area contributed by atoms with Crippen LogP contribution in [0.4, 0.5) is 5.95 Å². The zero-order valence-corrected chi connectivity index (χ0v) is 13.4. The summed E-state index contributed by atoms with van der Waals surface area (Å²) in [6.45, 7) is 2.56. The Morgan fingerprint density at radius 2 is 2.00 bits per heavy atom. The van der Waals surface area contributed by atoms with Gasteiger partial charge in [0, 0.05) is 31.4 Å². The van der Waals surface area contributed by atoms with E-state index >= 15 is 0 Å². The molecule has 0 aliphatic carbocycles. The Morgan fingerprint density at radius 3 is 2.71 bits per heavy atom. The first kappa shape index (κ1) is 15.3. The van der Waals surface area contributed by atoms with Gasteiger partial charge in [-0.2, -0.15) is 4.98 Å². The third-order valence-corrected chi connectivity index (χ3v) is 4.79. The lowest BCUT2D eigenvalue weighted by Crippen LogP contribution is -2.59. The summed E-state index contributed by atoms with van der Waals surface area (Å²) in [6, 6.07) is 10.1. The van der Waals surface area contributed by atoms with Crippen molar-refractivity contribution in [3.63, 3.8) is 0 Å². The molecule has 2 saturated heterocycles. The number of aromatic nitrogens is 3. The van der Waals surface area contributed by atoms with E-state index in [4.69, 9.17) is 4.74 Å². The van der Waals surface area contributed by atoms with Gasteiger partial charge >= 0.3 is 0 Å². The number of benzene rings is 1. The molecule has 2 aromatic rings. The van der Waals surface area contributed by atoms with E-state index in [0.29, 0.717) is 17.8 Å². The topological polar surface area (TPSA) is 83.1 Å². The third kappa shape index (κ3) is 3.05. The molecule has 2 fully saturated rings. The van der Waals surface area contributed by atoms with Gasteiger partial charge in [-0.3, -0.25) is 20.1 Å². The second-order valence-electron chi connectivity index (χ2n) is 6.25. The summed E-state index contributed by atoms with van der Waals surface area (Å²) in [7, 11) is 0. The normalized spacial score (nSPS) is 22.1. The van der Waals surface area contributed by atoms with Gasteiger partial charge in [-0.1, -0.05) is 30.3 Å². The summed E-state index contributed by atoms with van der Waals surface area (Å²) < 4.78 is 5.40. The number of aromatic amines is 1. The maximum Gasteiger partial charge on any atom is 0.249 e. The number of nitrogens with zero attached hydrogens (tertiary/aromatic N) is 3. The number of hydrogen-bond donors (Lipinski definition) is 2. The van der Waals surface area contributed by atoms with Crippen molar-refractivity contribution in [3.8, 4) is 11.4 Å². The summed E-state index contributed by atoms with van der Waals surface area (Å²) in [5.74, 6) is 0.963. The van der Waals surface area contributed by atoms with Gasteiger partial charge in [-0.15, -0.1) is 5.10 Å². The molecule has 2 aliphatic heterocycles. The van der Waals surface area contributed by atoms with Crippen LogP contribution in [0, 0.1) is 0 Å². The van der Waals surface area contributed by atoms with Gasteiger partial charge in [0.25, 0.3) is 0 Å². The van der Waals surface area contributed by atoms with E-state index in [0.717, 1.165) is 44.6 Å². The third-order valence-electron chi connectivity index (χ3n) is 4.79. The molecule has 0 saturated carbocycles. The molecule has 2 aliphatic rings. The maximum atomic E-state index is 12.5. The highest BCUT2D eigenvalue weighted by Crippen LogP contribution is 2.27. The van der Waals surface area contributed by atoms with E-state index in [1.54, 1.807) is 0 Å². The first-order valence-electron chi connectivity index (χ1n) is 8.43. The fraction of sp³-hybridized carbons (Fsp3) is 0.471. The van der Waals surface area contributed by atoms with Gasteiger partial charge < -0.3 is 4.74 Å². The average molecular weight is 327 g/mol. The molecule has 0 bridgehead atoms. The van der Waals surface area contributed by atoms with Crippen molar-refractivity contribution >= 4 is 11.9 Å². The predicted octanol–water partition coefficient (Wildman–Crippen LogP) is 1.66. The summed E-state index contributed by atoms with van der Waals surface area (Å²) in [5.41, 5.74) is 0.943. The zero-order chi connectivity index (χ0) is 16.4. The van der Waals surface area contributed by atoms with Gasteiger partial charge in [-0.25, -0.2) is 0 Å². The van der Waals surface area contributed by atoms with Crippen LogP contribution in [0.15, 0.2) is 30.3 Å². The van der Waals surface area contributed by atoms with Crippen LogP contribution in [0.2, 0.25) is 0 Å². The Kier molecular flexibility index (Phi) is 4.27. The molecule has 2 N–H and O–H groups in total. The van der Waals surface area contributed by atoms with Crippen LogP contribution in [0.25, 0.3) is 11.4 Å². The Balaban J connectivity index is 1.39. The second kappa shape index (κ2) is 6.70. The molecule has 0 radical (unpaired) electrons. The van der Waals surface area contributed by atoms with E-state index in [1.165, 1.54) is 0 Å². The number of amides is 1. The molecule has 0 spiro atoms. The lowest BCUT2D eigenvalue weighted by atomic mass is 9.95. The van der Waals surface area contributed by atoms with Crippen LogP contribution in [-0.4, -0.2) is 57.8 Å². The van der Waals surface area contributed by atoms with E-state index < -0.39 is 0 Å². The van der Waals surface area contributed by atoms with E-state index in [1.807, 2.05) is 30.3 Å². The van der Waals surface area contributed by atoms with Crippen molar-refractivity contribution in [2.24, 2.45) is 0 Å². The Bertz CT molecular complexity index is 696. The minimum atomic E-state index is -0.0771. The number of hydrogen-bond acceptors (Lipinski definition) is 5. The van der Waals surface area contributed by atoms with Crippen LogP contribution in [0.5, 0.6) is 0 Å². The Hall–Kier alpha value is -2.25. The molecule has 1 unspecified atom stereocenters. The molecule has 7 nitrogen and oxygen atoms in total. The van der Waals surface area contributed by atoms with Crippen LogP contribution in [0.3, 0.4) is 0 Å². The smallest absolute Gasteiger partial charge is 0.249 e. The minimum Gasteiger partial charge on any atom is -0.381 e. The minimum absolute atomic E-state index is 0.0219. The van der Waals surface area contributed by atoms with Crippen molar-refractivity contribution in [1.29, 1.82) is 0 Å². The quantitative estimate of drug-likeness (QED) is 0.892. The molecule has 24 heavy (non-hydrogen) atoms. The summed E-state index contributed by atoms with van der Waals surface area (Å²) in [4.78, 5) is 19.2. The summed E-state index contributed by atoms with van der Waals surface area (Å²) in [6.07, 6.45) is 2.89. The molecule has 1 aromatic heterocycles. The van der Waals surface area contributed by atoms with Crippen molar-refractivity contribution in [2.45, 2.75) is 31.3 Å². The van der Waals surface area contributed by atoms with Crippen LogP contribution in [0.1, 0.15) is 19.3 Å². The van der Waals surface area contributed by atoms with E-state index in [9.17, 15) is 4.79 Å². The SMILES string of the molecule is O=C(Nc1n[nH]c(-c2ccccc2)n1)C1CCN1C1CCOCC1. The molecule has 7 heteroatoms. The maximum absolute atomic E-state index is 12.5. The molecular weight excluding hydrogens is 306 g/mol. The molecule has 1 amide bonds. The highest BCUT2D eigenvalue weighted by atomic mass is 16.5. The highest BCUT2D eigenvalue weighted by molar-refractivity contribution is 5.94. The van der Waals surface area contributed by atoms with Crippen molar-refractivity contribution < 1.29 is 9.53 Å². The Morgan fingerprint density at radius 1 is 1.21 bits per heavy atom. The molecule has 126 valence electrons. The number of carbonyl (C=O) groups excluding carboxylic acids is 1. The van der Waals surface area contributed by atoms with Crippen LogP contribution < -0.4 is 5.32 Å². The summed E-state index contributed by atoms with van der Waals surface area (Å²) >= 11 is 0. The van der Waals surface area contributed by atoms with Crippen molar-refractivity contribution in [3.05, 3.63) is 30.3 Å². The Labute approximate surface area is 140 Å². The first-order chi connectivity index (χ1) is 11.8. The number of nitrogens with one attached hydrogen (secondary N) is 2. The first-order valence-corrected chi connectivity index (χ1v) is 8.43. The molecule has 3 heterocycles. The fourth-order valence-corrected chi connectivity index (χ4v) is 3.38. The molecule has 4 rings (SSSR count). The van der Waals surface area contributed by atoms with Gasteiger partial charge in [0.05, 0.1) is 6.04 Å². The predicted molar refractivity (Wildman–Crippen MR) is 89.4 cm³/mol. The molecular formula is C17H21N5O2. The highest BCUT2D eigenvalue weighted by Gasteiger charge is 2.39. The van der Waals surface area contributed by atoms with Crippen LogP contribution in [-0.2, 0) is 9.53 Å². The second-order valence-corrected chi connectivity index (χ2v) is 6.25. The number of carbonyl (C=O) groups is 1.